The molecule has 17 heavy (non-hydrogen) atoms. The van der Waals surface area contributed by atoms with Gasteiger partial charge in [-0.1, -0.05) is 34.1 Å². The predicted octanol–water partition coefficient (Wildman–Crippen LogP) is 4.18. The van der Waals surface area contributed by atoms with E-state index in [0.717, 1.165) is 29.0 Å². The van der Waals surface area contributed by atoms with Crippen LogP contribution >= 0.6 is 11.8 Å². The summed E-state index contributed by atoms with van der Waals surface area (Å²) >= 11 is 1.98. The molecule has 0 aliphatic heterocycles. The molecule has 1 saturated carbocycles. The van der Waals surface area contributed by atoms with Gasteiger partial charge in [0.1, 0.15) is 0 Å². The number of rotatable bonds is 6. The van der Waals surface area contributed by atoms with Gasteiger partial charge in [-0.05, 0) is 49.8 Å². The first-order chi connectivity index (χ1) is 8.04. The molecule has 1 fully saturated rings. The van der Waals surface area contributed by atoms with Crippen molar-refractivity contribution >= 4 is 11.8 Å². The van der Waals surface area contributed by atoms with Crippen LogP contribution in [0.3, 0.4) is 0 Å². The van der Waals surface area contributed by atoms with Crippen LogP contribution in [0.15, 0.2) is 0 Å². The standard InChI is InChI=1S/C15H31NS/c1-11(2)14-7-6-12(3)10-15(14)16-9-8-13(4)17-5/h11-16H,6-10H2,1-5H3. The Morgan fingerprint density at radius 2 is 1.94 bits per heavy atom. The quantitative estimate of drug-likeness (QED) is 0.766. The van der Waals surface area contributed by atoms with Crippen molar-refractivity contribution in [3.63, 3.8) is 0 Å². The Balaban J connectivity index is 2.36. The third kappa shape index (κ3) is 5.21. The number of hydrogen-bond donors (Lipinski definition) is 1. The predicted molar refractivity (Wildman–Crippen MR) is 80.7 cm³/mol. The van der Waals surface area contributed by atoms with Gasteiger partial charge in [0, 0.05) is 11.3 Å². The van der Waals surface area contributed by atoms with Gasteiger partial charge in [-0.25, -0.2) is 0 Å². The summed E-state index contributed by atoms with van der Waals surface area (Å²) in [5.41, 5.74) is 0. The van der Waals surface area contributed by atoms with Gasteiger partial charge in [0.05, 0.1) is 0 Å². The van der Waals surface area contributed by atoms with Gasteiger partial charge in [0.2, 0.25) is 0 Å². The molecule has 1 rings (SSSR count). The van der Waals surface area contributed by atoms with Crippen LogP contribution < -0.4 is 5.32 Å². The van der Waals surface area contributed by atoms with Crippen LogP contribution in [0, 0.1) is 17.8 Å². The third-order valence-electron chi connectivity index (χ3n) is 4.38. The smallest absolute Gasteiger partial charge is 0.0100 e. The largest absolute Gasteiger partial charge is 0.314 e. The third-order valence-corrected chi connectivity index (χ3v) is 5.42. The van der Waals surface area contributed by atoms with Crippen molar-refractivity contribution in [1.82, 2.24) is 5.32 Å². The highest BCUT2D eigenvalue weighted by Gasteiger charge is 2.29. The molecule has 4 atom stereocenters. The van der Waals surface area contributed by atoms with E-state index in [4.69, 9.17) is 0 Å². The highest BCUT2D eigenvalue weighted by molar-refractivity contribution is 7.99. The van der Waals surface area contributed by atoms with Crippen LogP contribution in [-0.4, -0.2) is 24.1 Å². The molecule has 2 heteroatoms. The zero-order chi connectivity index (χ0) is 12.8. The molecule has 1 aliphatic carbocycles. The van der Waals surface area contributed by atoms with E-state index in [0.29, 0.717) is 0 Å². The van der Waals surface area contributed by atoms with Crippen molar-refractivity contribution in [2.45, 2.75) is 64.7 Å². The second-order valence-electron chi connectivity index (χ2n) is 6.22. The van der Waals surface area contributed by atoms with Gasteiger partial charge in [-0.15, -0.1) is 0 Å². The van der Waals surface area contributed by atoms with Gasteiger partial charge in [0.15, 0.2) is 0 Å². The second kappa shape index (κ2) is 7.68. The van der Waals surface area contributed by atoms with Crippen molar-refractivity contribution in [1.29, 1.82) is 0 Å². The lowest BCUT2D eigenvalue weighted by atomic mass is 9.74. The zero-order valence-electron chi connectivity index (χ0n) is 12.3. The maximum Gasteiger partial charge on any atom is 0.0100 e. The minimum atomic E-state index is 0.771. The van der Waals surface area contributed by atoms with E-state index >= 15 is 0 Å². The van der Waals surface area contributed by atoms with Crippen molar-refractivity contribution in [2.24, 2.45) is 17.8 Å². The molecule has 0 radical (unpaired) electrons. The Morgan fingerprint density at radius 3 is 2.53 bits per heavy atom. The van der Waals surface area contributed by atoms with Crippen molar-refractivity contribution in [2.75, 3.05) is 12.8 Å². The van der Waals surface area contributed by atoms with Crippen LogP contribution in [0.1, 0.15) is 53.4 Å². The molecule has 0 aromatic rings. The van der Waals surface area contributed by atoms with Crippen LogP contribution in [0.25, 0.3) is 0 Å². The summed E-state index contributed by atoms with van der Waals surface area (Å²) in [6, 6.07) is 0.771. The van der Waals surface area contributed by atoms with Gasteiger partial charge >= 0.3 is 0 Å². The molecule has 0 heterocycles. The molecule has 1 N–H and O–H groups in total. The highest BCUT2D eigenvalue weighted by Crippen LogP contribution is 2.33. The van der Waals surface area contributed by atoms with Gasteiger partial charge in [0.25, 0.3) is 0 Å². The summed E-state index contributed by atoms with van der Waals surface area (Å²) in [6.07, 6.45) is 7.76. The van der Waals surface area contributed by atoms with Crippen molar-refractivity contribution in [3.8, 4) is 0 Å². The highest BCUT2D eigenvalue weighted by atomic mass is 32.2. The molecular formula is C15H31NS. The maximum atomic E-state index is 3.84. The van der Waals surface area contributed by atoms with Crippen LogP contribution in [0.2, 0.25) is 0 Å². The molecule has 0 amide bonds. The van der Waals surface area contributed by atoms with Crippen molar-refractivity contribution < 1.29 is 0 Å². The van der Waals surface area contributed by atoms with E-state index in [1.807, 2.05) is 11.8 Å². The van der Waals surface area contributed by atoms with Crippen LogP contribution in [-0.2, 0) is 0 Å². The van der Waals surface area contributed by atoms with E-state index in [2.05, 4.69) is 39.3 Å². The van der Waals surface area contributed by atoms with Gasteiger partial charge in [-0.2, -0.15) is 11.8 Å². The topological polar surface area (TPSA) is 12.0 Å². The Morgan fingerprint density at radius 1 is 1.24 bits per heavy atom. The molecule has 102 valence electrons. The number of hydrogen-bond acceptors (Lipinski definition) is 2. The second-order valence-corrected chi connectivity index (χ2v) is 7.50. The summed E-state index contributed by atoms with van der Waals surface area (Å²) in [4.78, 5) is 0. The Bertz CT molecular complexity index is 205. The lowest BCUT2D eigenvalue weighted by molar-refractivity contribution is 0.170. The monoisotopic (exact) mass is 257 g/mol. The Kier molecular flexibility index (Phi) is 6.94. The molecule has 0 saturated heterocycles. The fraction of sp³-hybridized carbons (Fsp3) is 1.00. The number of nitrogens with one attached hydrogen (secondary N) is 1. The summed E-state index contributed by atoms with van der Waals surface area (Å²) in [6.45, 7) is 10.7. The minimum absolute atomic E-state index is 0.771. The lowest BCUT2D eigenvalue weighted by Gasteiger charge is -2.38. The zero-order valence-corrected chi connectivity index (χ0v) is 13.1. The Labute approximate surface area is 113 Å². The first kappa shape index (κ1) is 15.4. The first-order valence-corrected chi connectivity index (χ1v) is 8.59. The molecule has 1 nitrogen and oxygen atoms in total. The van der Waals surface area contributed by atoms with Gasteiger partial charge in [-0.3, -0.25) is 0 Å². The van der Waals surface area contributed by atoms with Crippen LogP contribution in [0.5, 0.6) is 0 Å². The van der Waals surface area contributed by atoms with E-state index < -0.39 is 0 Å². The van der Waals surface area contributed by atoms with E-state index in [9.17, 15) is 0 Å². The fourth-order valence-electron chi connectivity index (χ4n) is 3.03. The van der Waals surface area contributed by atoms with Crippen molar-refractivity contribution in [3.05, 3.63) is 0 Å². The van der Waals surface area contributed by atoms with Crippen LogP contribution in [0.4, 0.5) is 0 Å². The molecule has 0 aromatic carbocycles. The SMILES string of the molecule is CSC(C)CCNC1CC(C)CCC1C(C)C. The average Bonchev–Trinajstić information content (AvgIpc) is 2.28. The molecule has 0 bridgehead atoms. The molecule has 0 spiro atoms. The summed E-state index contributed by atoms with van der Waals surface area (Å²) in [5, 5.41) is 4.63. The molecule has 1 aliphatic rings. The first-order valence-electron chi connectivity index (χ1n) is 7.30. The van der Waals surface area contributed by atoms with E-state index in [1.165, 1.54) is 32.2 Å². The normalized spacial score (nSPS) is 31.8. The molecule has 0 aromatic heterocycles. The van der Waals surface area contributed by atoms with Gasteiger partial charge < -0.3 is 5.32 Å². The maximum absolute atomic E-state index is 3.84. The van der Waals surface area contributed by atoms with E-state index in [1.54, 1.807) is 0 Å². The van der Waals surface area contributed by atoms with E-state index in [-0.39, 0.29) is 0 Å². The molecule has 4 unspecified atom stereocenters. The number of thioether (sulfide) groups is 1. The average molecular weight is 257 g/mol. The molecular weight excluding hydrogens is 226 g/mol. The summed E-state index contributed by atoms with van der Waals surface area (Å²) in [5.74, 6) is 2.65. The minimum Gasteiger partial charge on any atom is -0.314 e. The Hall–Kier alpha value is 0.310. The summed E-state index contributed by atoms with van der Waals surface area (Å²) in [7, 11) is 0. The summed E-state index contributed by atoms with van der Waals surface area (Å²) < 4.78 is 0. The lowest BCUT2D eigenvalue weighted by Crippen LogP contribution is -2.43. The fourth-order valence-corrected chi connectivity index (χ4v) is 3.38.